The standard InChI is InChI=1S/C19H17O2S2.2C18H15S.C17H14O2.2C7H6O3/c1-23(20,21)19-14-12-18(13-15-19)22(16-8-4-2-5-9-16)17-10-6-3-7-11-17;2*1-4-10-16(11-5-1)19(17-12-6-2-7-13-17)18-14-8-3-9-15-18;18-17(19)15-9-14-10-5-1-3-7-12(10)16(15)13-8-4-2-6-11(13)14;2*8-6-4-2-1-3-5(6)7(9)10/h2-15H,1H3;2*1-15H;1-8,14-16H,9H2,(H,18,19);2*1-4,8H,(H,9,10)/q3*+1;;;/p-3. The smallest absolute Gasteiger partial charge is 0.335 e. The number of fused-ring (bicyclic) bond motifs is 1. The summed E-state index contributed by atoms with van der Waals surface area (Å²) in [5, 5.41) is 49.5. The zero-order valence-electron chi connectivity index (χ0n) is 54.4. The lowest BCUT2D eigenvalue weighted by Gasteiger charge is -2.45. The van der Waals surface area contributed by atoms with Crippen LogP contribution < -0.4 is 15.3 Å². The van der Waals surface area contributed by atoms with Crippen molar-refractivity contribution < 1.29 is 48.3 Å². The Bertz CT molecular complexity index is 4400. The van der Waals surface area contributed by atoms with Crippen molar-refractivity contribution in [1.29, 1.82) is 0 Å². The van der Waals surface area contributed by atoms with E-state index in [1.54, 1.807) is 12.1 Å². The Balaban J connectivity index is 0.000000132. The second-order valence-electron chi connectivity index (χ2n) is 22.7. The van der Waals surface area contributed by atoms with Gasteiger partial charge in [0.1, 0.15) is 0 Å². The Morgan fingerprint density at radius 3 is 0.760 bits per heavy atom. The summed E-state index contributed by atoms with van der Waals surface area (Å²) in [5.74, 6) is -4.39. The Kier molecular flexibility index (Phi) is 25.4. The molecule has 0 spiro atoms. The summed E-state index contributed by atoms with van der Waals surface area (Å²) in [6, 6.07) is 120. The summed E-state index contributed by atoms with van der Waals surface area (Å²) < 4.78 is 23.3. The van der Waals surface area contributed by atoms with E-state index in [1.165, 1.54) is 116 Å². The number of carboxylic acids is 3. The number of para-hydroxylation sites is 2. The lowest BCUT2D eigenvalue weighted by Crippen LogP contribution is -2.42. The lowest BCUT2D eigenvalue weighted by molar-refractivity contribution is -0.312. The molecule has 2 bridgehead atoms. The number of carbonyl (C=O) groups excluding carboxylic acids is 1. The molecule has 3 aliphatic carbocycles. The van der Waals surface area contributed by atoms with E-state index in [1.807, 2.05) is 72.8 Å². The van der Waals surface area contributed by atoms with E-state index in [0.29, 0.717) is 11.3 Å². The molecule has 0 amide bonds. The minimum Gasteiger partial charge on any atom is -0.872 e. The minimum atomic E-state index is -3.17. The predicted molar refractivity (Wildman–Crippen MR) is 393 cm³/mol. The maximum Gasteiger partial charge on any atom is 0.335 e. The van der Waals surface area contributed by atoms with Gasteiger partial charge >= 0.3 is 11.9 Å². The van der Waals surface area contributed by atoms with Crippen LogP contribution in [0, 0.1) is 5.92 Å². The predicted octanol–water partition coefficient (Wildman–Crippen LogP) is 16.7. The van der Waals surface area contributed by atoms with Gasteiger partial charge in [-0.2, -0.15) is 0 Å². The molecule has 0 saturated heterocycles. The fourth-order valence-electron chi connectivity index (χ4n) is 11.7. The first-order chi connectivity index (χ1) is 48.7. The highest BCUT2D eigenvalue weighted by atomic mass is 32.2. The highest BCUT2D eigenvalue weighted by Gasteiger charge is 2.43. The molecule has 498 valence electrons. The van der Waals surface area contributed by atoms with Crippen LogP contribution in [-0.2, 0) is 47.3 Å². The highest BCUT2D eigenvalue weighted by Crippen LogP contribution is 2.55. The van der Waals surface area contributed by atoms with Crippen molar-refractivity contribution in [1.82, 2.24) is 0 Å². The number of benzene rings is 13. The van der Waals surface area contributed by atoms with Crippen molar-refractivity contribution in [2.45, 2.75) is 67.2 Å². The van der Waals surface area contributed by atoms with Crippen LogP contribution >= 0.6 is 0 Å². The van der Waals surface area contributed by atoms with Crippen molar-refractivity contribution in [2.24, 2.45) is 5.92 Å². The molecule has 0 aromatic heterocycles. The molecule has 16 rings (SSSR count). The Hall–Kier alpha value is -11.1. The van der Waals surface area contributed by atoms with Gasteiger partial charge in [0.05, 0.1) is 48.7 Å². The van der Waals surface area contributed by atoms with Crippen LogP contribution in [0.15, 0.2) is 413 Å². The molecular weight excluding hydrogens is 1320 g/mol. The average Bonchev–Trinajstić information content (AvgIpc) is 0.721. The number of rotatable bonds is 13. The zero-order valence-corrected chi connectivity index (χ0v) is 57.6. The number of carbonyl (C=O) groups is 3. The SMILES string of the molecule is CS(=O)(=O)c1ccc([S+](c2ccccc2)c2ccccc2)cc1.O=C(O)c1ccccc1[O-].O=C(O)c1ccccc1[O-].O=C([O-])C1CC2c3ccccc3C1c1ccccc12.c1ccc([S+](c2ccccc2)c2ccccc2)cc1.c1ccc([S+](c2ccccc2)c2ccccc2)cc1. The van der Waals surface area contributed by atoms with Gasteiger partial charge in [-0.05, 0) is 162 Å². The summed E-state index contributed by atoms with van der Waals surface area (Å²) in [7, 11) is -3.45. The quantitative estimate of drug-likeness (QED) is 0.105. The molecule has 1 unspecified atom stereocenters. The maximum atomic E-state index is 11.7. The van der Waals surface area contributed by atoms with Gasteiger partial charge in [0.2, 0.25) is 0 Å². The number of aliphatic carboxylic acids is 1. The summed E-state index contributed by atoms with van der Waals surface area (Å²) >= 11 is 0. The number of aromatic carboxylic acids is 2. The molecule has 1 atom stereocenters. The molecule has 100 heavy (non-hydrogen) atoms. The third-order valence-electron chi connectivity index (χ3n) is 16.2. The van der Waals surface area contributed by atoms with E-state index in [2.05, 4.69) is 231 Å². The summed E-state index contributed by atoms with van der Waals surface area (Å²) in [6.45, 7) is 0. The van der Waals surface area contributed by atoms with Crippen LogP contribution in [0.5, 0.6) is 11.5 Å². The minimum absolute atomic E-state index is 0.0146. The second-order valence-corrected chi connectivity index (χ2v) is 30.8. The Morgan fingerprint density at radius 1 is 0.320 bits per heavy atom. The van der Waals surface area contributed by atoms with Gasteiger partial charge in [-0.3, -0.25) is 0 Å². The van der Waals surface area contributed by atoms with Gasteiger partial charge in [0, 0.05) is 30.0 Å². The van der Waals surface area contributed by atoms with E-state index in [9.17, 15) is 38.1 Å². The largest absolute Gasteiger partial charge is 0.872 e. The molecule has 13 aromatic carbocycles. The third kappa shape index (κ3) is 18.7. The molecule has 0 saturated carbocycles. The van der Waals surface area contributed by atoms with E-state index in [4.69, 9.17) is 10.2 Å². The molecule has 0 heterocycles. The normalized spacial score (nSPS) is 13.6. The van der Waals surface area contributed by atoms with Gasteiger partial charge in [-0.15, -0.1) is 0 Å². The van der Waals surface area contributed by atoms with Crippen LogP contribution in [-0.4, -0.2) is 42.8 Å². The molecule has 10 nitrogen and oxygen atoms in total. The van der Waals surface area contributed by atoms with Crippen molar-refractivity contribution in [2.75, 3.05) is 6.26 Å². The van der Waals surface area contributed by atoms with Crippen molar-refractivity contribution >= 4 is 60.4 Å². The molecule has 2 N–H and O–H groups in total. The molecule has 0 aliphatic heterocycles. The van der Waals surface area contributed by atoms with Crippen LogP contribution in [0.25, 0.3) is 0 Å². The number of hydrogen-bond acceptors (Lipinski definition) is 8. The monoisotopic (exact) mass is 1390 g/mol. The van der Waals surface area contributed by atoms with Crippen molar-refractivity contribution in [3.8, 4) is 11.5 Å². The van der Waals surface area contributed by atoms with Crippen LogP contribution in [0.4, 0.5) is 0 Å². The van der Waals surface area contributed by atoms with Crippen LogP contribution in [0.3, 0.4) is 0 Å². The fourth-order valence-corrected chi connectivity index (χ4v) is 18.6. The van der Waals surface area contributed by atoms with Crippen molar-refractivity contribution in [3.05, 3.63) is 397 Å². The summed E-state index contributed by atoms with van der Waals surface area (Å²) in [5.41, 5.74) is 4.58. The molecule has 14 heteroatoms. The fraction of sp³-hybridized carbons (Fsp3) is 0.0581. The lowest BCUT2D eigenvalue weighted by atomic mass is 9.59. The first-order valence-electron chi connectivity index (χ1n) is 32.0. The van der Waals surface area contributed by atoms with Crippen LogP contribution in [0.1, 0.15) is 61.2 Å². The Morgan fingerprint density at radius 2 is 0.540 bits per heavy atom. The maximum absolute atomic E-state index is 11.7. The number of hydrogen-bond donors (Lipinski definition) is 2. The summed E-state index contributed by atoms with van der Waals surface area (Å²) in [6.07, 6.45) is 1.90. The zero-order chi connectivity index (χ0) is 70.2. The molecule has 3 aliphatic rings. The topological polar surface area (TPSA) is 195 Å². The first-order valence-corrected chi connectivity index (χ1v) is 37.5. The third-order valence-corrected chi connectivity index (χ3v) is 24.0. The van der Waals surface area contributed by atoms with Gasteiger partial charge < -0.3 is 30.3 Å². The van der Waals surface area contributed by atoms with Gasteiger partial charge in [0.15, 0.2) is 53.9 Å². The van der Waals surface area contributed by atoms with Crippen molar-refractivity contribution in [3.63, 3.8) is 0 Å². The van der Waals surface area contributed by atoms with E-state index >= 15 is 0 Å². The second kappa shape index (κ2) is 35.4. The molecule has 0 fully saturated rings. The number of carboxylic acid groups (broad SMARTS) is 3. The Labute approximate surface area is 592 Å². The molecule has 13 aromatic rings. The van der Waals surface area contributed by atoms with Gasteiger partial charge in [0.25, 0.3) is 0 Å². The first kappa shape index (κ1) is 71.6. The molecule has 0 radical (unpaired) electrons. The van der Waals surface area contributed by atoms with E-state index in [0.717, 1.165) is 4.90 Å². The average molecular weight is 1390 g/mol. The van der Waals surface area contributed by atoms with Gasteiger partial charge in [-0.1, -0.05) is 242 Å². The van der Waals surface area contributed by atoms with E-state index < -0.39 is 45.2 Å². The summed E-state index contributed by atoms with van der Waals surface area (Å²) in [4.78, 5) is 43.9. The number of sulfone groups is 1. The van der Waals surface area contributed by atoms with E-state index in [-0.39, 0.29) is 55.6 Å². The molecular formula is C86H70O10S4. The van der Waals surface area contributed by atoms with Gasteiger partial charge in [-0.25, -0.2) is 18.0 Å². The van der Waals surface area contributed by atoms with Crippen LogP contribution in [0.2, 0.25) is 0 Å². The highest BCUT2D eigenvalue weighted by molar-refractivity contribution is 7.97.